The molecule has 1 aromatic rings. The van der Waals surface area contributed by atoms with Crippen molar-refractivity contribution in [2.45, 2.75) is 50.7 Å². The summed E-state index contributed by atoms with van der Waals surface area (Å²) >= 11 is 0. The van der Waals surface area contributed by atoms with E-state index in [4.69, 9.17) is 5.73 Å². The Kier molecular flexibility index (Phi) is 3.89. The third-order valence-corrected chi connectivity index (χ3v) is 5.69. The Balaban J connectivity index is 1.45. The van der Waals surface area contributed by atoms with Gasteiger partial charge in [0.15, 0.2) is 5.96 Å². The van der Waals surface area contributed by atoms with Crippen LogP contribution in [0.2, 0.25) is 0 Å². The second-order valence-electron chi connectivity index (χ2n) is 7.73. The number of aliphatic imine (C=N–C) groups is 1. The van der Waals surface area contributed by atoms with E-state index < -0.39 is 5.54 Å². The quantitative estimate of drug-likeness (QED) is 0.479. The number of guanidine groups is 1. The maximum absolute atomic E-state index is 12.8. The largest absolute Gasteiger partial charge is 0.370 e. The van der Waals surface area contributed by atoms with Crippen LogP contribution >= 0.6 is 0 Å². The van der Waals surface area contributed by atoms with Crippen molar-refractivity contribution in [1.29, 1.82) is 0 Å². The van der Waals surface area contributed by atoms with E-state index in [9.17, 15) is 9.59 Å². The number of urea groups is 1. The molecule has 1 aliphatic heterocycles. The highest BCUT2D eigenvalue weighted by molar-refractivity contribution is 6.23. The minimum absolute atomic E-state index is 0.161. The summed E-state index contributed by atoms with van der Waals surface area (Å²) in [5, 5.41) is 2.87. The van der Waals surface area contributed by atoms with Crippen LogP contribution in [0.1, 0.15) is 38.2 Å². The van der Waals surface area contributed by atoms with Crippen molar-refractivity contribution in [1.82, 2.24) is 10.2 Å². The van der Waals surface area contributed by atoms with Crippen LogP contribution in [-0.4, -0.2) is 41.4 Å². The van der Waals surface area contributed by atoms with Gasteiger partial charge in [0, 0.05) is 13.1 Å². The van der Waals surface area contributed by atoms with Crippen molar-refractivity contribution in [2.24, 2.45) is 16.6 Å². The average molecular weight is 355 g/mol. The second kappa shape index (κ2) is 6.00. The maximum atomic E-state index is 12.8. The molecule has 1 saturated heterocycles. The molecule has 0 radical (unpaired) electrons. The molecule has 3 N–H and O–H groups in total. The summed E-state index contributed by atoms with van der Waals surface area (Å²) in [4.78, 5) is 32.8. The summed E-state index contributed by atoms with van der Waals surface area (Å²) in [6.07, 6.45) is 4.33. The van der Waals surface area contributed by atoms with Crippen molar-refractivity contribution < 1.29 is 9.59 Å². The molecular weight excluding hydrogens is 330 g/mol. The number of nitrogens with zero attached hydrogens (tertiary/aromatic N) is 3. The minimum Gasteiger partial charge on any atom is -0.370 e. The molecule has 0 aromatic heterocycles. The van der Waals surface area contributed by atoms with Gasteiger partial charge < -0.3 is 16.0 Å². The zero-order chi connectivity index (χ0) is 18.5. The SMILES string of the molecule is CN(C(N)=NCc1ccc(N2C(=O)NC(C)(C3CC3)C2=O)cc1)C1CC1. The number of hydrogen-bond donors (Lipinski definition) is 2. The Hall–Kier alpha value is -2.57. The predicted octanol–water partition coefficient (Wildman–Crippen LogP) is 1.82. The van der Waals surface area contributed by atoms with Gasteiger partial charge in [-0.2, -0.15) is 0 Å². The molecule has 1 heterocycles. The predicted molar refractivity (Wildman–Crippen MR) is 99.7 cm³/mol. The van der Waals surface area contributed by atoms with Crippen LogP contribution in [0, 0.1) is 5.92 Å². The van der Waals surface area contributed by atoms with Gasteiger partial charge >= 0.3 is 6.03 Å². The Labute approximate surface area is 153 Å². The molecule has 1 aromatic carbocycles. The van der Waals surface area contributed by atoms with Gasteiger partial charge in [-0.15, -0.1) is 0 Å². The molecule has 7 heteroatoms. The first-order chi connectivity index (χ1) is 12.4. The normalized spacial score (nSPS) is 26.2. The monoisotopic (exact) mass is 355 g/mol. The smallest absolute Gasteiger partial charge is 0.329 e. The fourth-order valence-corrected chi connectivity index (χ4v) is 3.51. The van der Waals surface area contributed by atoms with Crippen molar-refractivity contribution >= 4 is 23.6 Å². The van der Waals surface area contributed by atoms with Gasteiger partial charge in [-0.25, -0.2) is 14.7 Å². The highest BCUT2D eigenvalue weighted by Gasteiger charge is 2.56. The van der Waals surface area contributed by atoms with Crippen LogP contribution in [0.5, 0.6) is 0 Å². The molecule has 26 heavy (non-hydrogen) atoms. The molecule has 0 bridgehead atoms. The highest BCUT2D eigenvalue weighted by atomic mass is 16.2. The van der Waals surface area contributed by atoms with Crippen LogP contribution < -0.4 is 16.0 Å². The molecule has 2 aliphatic carbocycles. The van der Waals surface area contributed by atoms with Crippen LogP contribution in [0.4, 0.5) is 10.5 Å². The molecule has 7 nitrogen and oxygen atoms in total. The number of anilines is 1. The molecule has 1 atom stereocenters. The fourth-order valence-electron chi connectivity index (χ4n) is 3.51. The molecule has 2 saturated carbocycles. The molecule has 4 rings (SSSR count). The first kappa shape index (κ1) is 16.9. The topological polar surface area (TPSA) is 91.0 Å². The summed E-state index contributed by atoms with van der Waals surface area (Å²) < 4.78 is 0. The van der Waals surface area contributed by atoms with Gasteiger partial charge in [-0.3, -0.25) is 4.79 Å². The van der Waals surface area contributed by atoms with Gasteiger partial charge in [0.2, 0.25) is 0 Å². The van der Waals surface area contributed by atoms with Gasteiger partial charge in [0.1, 0.15) is 5.54 Å². The average Bonchev–Trinajstić information content (AvgIpc) is 3.51. The van der Waals surface area contributed by atoms with E-state index in [2.05, 4.69) is 10.3 Å². The number of carbonyl (C=O) groups is 2. The summed E-state index contributed by atoms with van der Waals surface area (Å²) in [5.74, 6) is 0.640. The molecule has 3 amide bonds. The van der Waals surface area contributed by atoms with Crippen LogP contribution in [-0.2, 0) is 11.3 Å². The van der Waals surface area contributed by atoms with Crippen LogP contribution in [0.3, 0.4) is 0 Å². The number of carbonyl (C=O) groups excluding carboxylic acids is 2. The van der Waals surface area contributed by atoms with E-state index in [1.165, 1.54) is 17.7 Å². The number of amides is 3. The fraction of sp³-hybridized carbons (Fsp3) is 0.526. The Morgan fingerprint density at radius 3 is 2.50 bits per heavy atom. The Morgan fingerprint density at radius 1 is 1.27 bits per heavy atom. The lowest BCUT2D eigenvalue weighted by atomic mass is 9.96. The first-order valence-electron chi connectivity index (χ1n) is 9.18. The highest BCUT2D eigenvalue weighted by Crippen LogP contribution is 2.43. The first-order valence-corrected chi connectivity index (χ1v) is 9.18. The van der Waals surface area contributed by atoms with Crippen molar-refractivity contribution in [3.05, 3.63) is 29.8 Å². The third kappa shape index (κ3) is 2.91. The molecule has 3 fully saturated rings. The number of benzene rings is 1. The number of nitrogens with two attached hydrogens (primary N) is 1. The molecular formula is C19H25N5O2. The van der Waals surface area contributed by atoms with Crippen molar-refractivity contribution in [3.63, 3.8) is 0 Å². The van der Waals surface area contributed by atoms with E-state index in [0.29, 0.717) is 24.2 Å². The minimum atomic E-state index is -0.762. The zero-order valence-electron chi connectivity index (χ0n) is 15.2. The Morgan fingerprint density at radius 2 is 1.92 bits per heavy atom. The standard InChI is InChI=1S/C19H25N5O2/c1-19(13-5-6-13)16(25)24(18(26)22-19)15-7-3-12(4-8-15)11-21-17(20)23(2)14-9-10-14/h3-4,7-8,13-14H,5-6,9-11H2,1-2H3,(H2,20,21)(H,22,26). The number of rotatable bonds is 5. The van der Waals surface area contributed by atoms with E-state index >= 15 is 0 Å². The lowest BCUT2D eigenvalue weighted by Gasteiger charge is -2.21. The van der Waals surface area contributed by atoms with Crippen LogP contribution in [0.25, 0.3) is 0 Å². The van der Waals surface area contributed by atoms with Gasteiger partial charge in [-0.1, -0.05) is 12.1 Å². The second-order valence-corrected chi connectivity index (χ2v) is 7.73. The molecule has 138 valence electrons. The number of hydrogen-bond acceptors (Lipinski definition) is 3. The van der Waals surface area contributed by atoms with E-state index in [-0.39, 0.29) is 17.9 Å². The van der Waals surface area contributed by atoms with Gasteiger partial charge in [-0.05, 0) is 56.2 Å². The van der Waals surface area contributed by atoms with Gasteiger partial charge in [0.05, 0.1) is 12.2 Å². The number of nitrogens with one attached hydrogen (secondary N) is 1. The molecule has 1 unspecified atom stereocenters. The number of imide groups is 1. The summed E-state index contributed by atoms with van der Waals surface area (Å²) in [7, 11) is 1.97. The maximum Gasteiger partial charge on any atom is 0.329 e. The van der Waals surface area contributed by atoms with E-state index in [0.717, 1.165) is 18.4 Å². The lowest BCUT2D eigenvalue weighted by molar-refractivity contribution is -0.122. The van der Waals surface area contributed by atoms with E-state index in [1.807, 2.05) is 31.0 Å². The third-order valence-electron chi connectivity index (χ3n) is 5.69. The van der Waals surface area contributed by atoms with Crippen molar-refractivity contribution in [3.8, 4) is 0 Å². The van der Waals surface area contributed by atoms with Crippen LogP contribution in [0.15, 0.2) is 29.3 Å². The zero-order valence-corrected chi connectivity index (χ0v) is 15.2. The Bertz CT molecular complexity index is 767. The van der Waals surface area contributed by atoms with Crippen molar-refractivity contribution in [2.75, 3.05) is 11.9 Å². The van der Waals surface area contributed by atoms with Gasteiger partial charge in [0.25, 0.3) is 5.91 Å². The summed E-state index contributed by atoms with van der Waals surface area (Å²) in [5.41, 5.74) is 6.82. The lowest BCUT2D eigenvalue weighted by Crippen LogP contribution is -2.46. The molecule has 0 spiro atoms. The van der Waals surface area contributed by atoms with E-state index in [1.54, 1.807) is 12.1 Å². The molecule has 3 aliphatic rings. The summed E-state index contributed by atoms with van der Waals surface area (Å²) in [6, 6.07) is 7.54. The summed E-state index contributed by atoms with van der Waals surface area (Å²) in [6.45, 7) is 2.30.